The van der Waals surface area contributed by atoms with Crippen LogP contribution in [-0.2, 0) is 4.74 Å². The van der Waals surface area contributed by atoms with Crippen LogP contribution in [0.1, 0.15) is 10.4 Å². The minimum absolute atomic E-state index is 0.190. The summed E-state index contributed by atoms with van der Waals surface area (Å²) >= 11 is 5.72. The van der Waals surface area contributed by atoms with Gasteiger partial charge in [0.25, 0.3) is 5.91 Å². The summed E-state index contributed by atoms with van der Waals surface area (Å²) in [4.78, 5) is 15.4. The Morgan fingerprint density at radius 1 is 1.76 bits per heavy atom. The topological polar surface area (TPSA) is 75.0 Å². The number of nitrogens with one attached hydrogen (secondary N) is 1. The van der Waals surface area contributed by atoms with E-state index >= 15 is 0 Å². The van der Waals surface area contributed by atoms with E-state index in [4.69, 9.17) is 28.0 Å². The summed E-state index contributed by atoms with van der Waals surface area (Å²) in [5.41, 5.74) is 0.261. The Bertz CT molecular complexity index is 478. The average Bonchev–Trinajstić information content (AvgIpc) is 2.37. The third kappa shape index (κ3) is 3.76. The third-order valence-electron chi connectivity index (χ3n) is 1.70. The zero-order valence-electron chi connectivity index (χ0n) is 8.68. The molecule has 0 saturated carbocycles. The molecular formula is C11H8ClN3O2. The number of carbonyl (C=O) groups is 1. The van der Waals surface area contributed by atoms with Gasteiger partial charge in [-0.1, -0.05) is 5.92 Å². The molecule has 0 fully saturated rings. The van der Waals surface area contributed by atoms with E-state index in [1.807, 2.05) is 0 Å². The average molecular weight is 250 g/mol. The third-order valence-corrected chi connectivity index (χ3v) is 1.98. The molecule has 1 N–H and O–H groups in total. The largest absolute Gasteiger partial charge is 0.318 e. The van der Waals surface area contributed by atoms with Gasteiger partial charge in [-0.3, -0.25) is 15.1 Å². The first-order chi connectivity index (χ1) is 8.11. The molecule has 0 bridgehead atoms. The van der Waals surface area contributed by atoms with Crippen molar-refractivity contribution in [3.63, 3.8) is 0 Å². The number of pyridine rings is 1. The fraction of sp³-hybridized carbons (Fsp3) is 0.182. The van der Waals surface area contributed by atoms with Gasteiger partial charge in [0, 0.05) is 12.4 Å². The van der Waals surface area contributed by atoms with E-state index in [1.54, 1.807) is 12.1 Å². The maximum Gasteiger partial charge on any atom is 0.311 e. The van der Waals surface area contributed by atoms with Gasteiger partial charge in [0.2, 0.25) is 0 Å². The van der Waals surface area contributed by atoms with E-state index < -0.39 is 11.1 Å². The van der Waals surface area contributed by atoms with Crippen molar-refractivity contribution in [1.29, 1.82) is 5.26 Å². The normalized spacial score (nSPS) is 12.9. The van der Waals surface area contributed by atoms with Crippen molar-refractivity contribution < 1.29 is 9.53 Å². The van der Waals surface area contributed by atoms with Crippen LogP contribution in [0.3, 0.4) is 0 Å². The fourth-order valence-electron chi connectivity index (χ4n) is 0.953. The molecule has 86 valence electrons. The highest BCUT2D eigenvalue weighted by Crippen LogP contribution is 2.12. The zero-order valence-corrected chi connectivity index (χ0v) is 9.44. The lowest BCUT2D eigenvalue weighted by molar-refractivity contribution is 0.0486. The highest BCUT2D eigenvalue weighted by atomic mass is 35.5. The summed E-state index contributed by atoms with van der Waals surface area (Å²) in [7, 11) is 0. The number of rotatable bonds is 4. The summed E-state index contributed by atoms with van der Waals surface area (Å²) in [6.07, 6.45) is 7.82. The Hall–Kier alpha value is -2.08. The molecule has 5 nitrogen and oxygen atoms in total. The Morgan fingerprint density at radius 2 is 2.53 bits per heavy atom. The molecule has 0 aliphatic heterocycles. The van der Waals surface area contributed by atoms with Crippen LogP contribution in [0.15, 0.2) is 24.5 Å². The van der Waals surface area contributed by atoms with Crippen LogP contribution < -0.4 is 5.32 Å². The molecule has 1 rings (SSSR count). The van der Waals surface area contributed by atoms with Gasteiger partial charge in [0.15, 0.2) is 0 Å². The van der Waals surface area contributed by atoms with Crippen molar-refractivity contribution in [2.45, 2.75) is 5.18 Å². The van der Waals surface area contributed by atoms with Gasteiger partial charge in [-0.2, -0.15) is 5.26 Å². The van der Waals surface area contributed by atoms with E-state index in [-0.39, 0.29) is 12.2 Å². The van der Waals surface area contributed by atoms with Gasteiger partial charge in [0.05, 0.1) is 5.56 Å². The highest BCUT2D eigenvalue weighted by Gasteiger charge is 2.30. The number of halogens is 1. The first-order valence-corrected chi connectivity index (χ1v) is 4.89. The van der Waals surface area contributed by atoms with Gasteiger partial charge >= 0.3 is 5.18 Å². The second-order valence-corrected chi connectivity index (χ2v) is 3.43. The summed E-state index contributed by atoms with van der Waals surface area (Å²) in [5.74, 6) is 1.57. The Balaban J connectivity index is 2.74. The number of alkyl halides is 1. The maximum atomic E-state index is 11.7. The van der Waals surface area contributed by atoms with Crippen LogP contribution in [0.4, 0.5) is 0 Å². The van der Waals surface area contributed by atoms with Crippen LogP contribution in [0, 0.1) is 23.7 Å². The number of carbonyl (C=O) groups excluding carboxylic acids is 1. The maximum absolute atomic E-state index is 11.7. The molecule has 17 heavy (non-hydrogen) atoms. The van der Waals surface area contributed by atoms with Crippen molar-refractivity contribution in [2.75, 3.05) is 6.61 Å². The number of ether oxygens (including phenoxy) is 1. The molecular weight excluding hydrogens is 242 g/mol. The van der Waals surface area contributed by atoms with Gasteiger partial charge in [-0.15, -0.1) is 6.42 Å². The second kappa shape index (κ2) is 5.86. The molecule has 0 aromatic carbocycles. The van der Waals surface area contributed by atoms with Crippen LogP contribution >= 0.6 is 11.6 Å². The van der Waals surface area contributed by atoms with Crippen molar-refractivity contribution in [1.82, 2.24) is 10.3 Å². The molecule has 1 aromatic heterocycles. The van der Waals surface area contributed by atoms with Gasteiger partial charge in [-0.05, 0) is 23.7 Å². The number of aromatic nitrogens is 1. The van der Waals surface area contributed by atoms with E-state index in [0.717, 1.165) is 0 Å². The van der Waals surface area contributed by atoms with Crippen molar-refractivity contribution in [2.24, 2.45) is 0 Å². The van der Waals surface area contributed by atoms with Gasteiger partial charge in [0.1, 0.15) is 12.7 Å². The standard InChI is InChI=1S/C11H8ClN3O2/c1-2-6-17-11(12,8-13)15-10(16)9-4-3-5-14-7-9/h1,3-5,7H,6H2,(H,15,16). The summed E-state index contributed by atoms with van der Waals surface area (Å²) in [6.45, 7) is -0.190. The minimum atomic E-state index is -1.97. The fourth-order valence-corrected chi connectivity index (χ4v) is 1.09. The van der Waals surface area contributed by atoms with E-state index in [1.165, 1.54) is 18.5 Å². The lowest BCUT2D eigenvalue weighted by atomic mass is 10.2. The summed E-state index contributed by atoms with van der Waals surface area (Å²) < 4.78 is 4.84. The Labute approximate surface area is 103 Å². The number of nitriles is 1. The first-order valence-electron chi connectivity index (χ1n) is 4.51. The molecule has 0 spiro atoms. The van der Waals surface area contributed by atoms with Crippen LogP contribution in [0.5, 0.6) is 0 Å². The molecule has 1 heterocycles. The van der Waals surface area contributed by atoms with Gasteiger partial charge < -0.3 is 4.74 Å². The smallest absolute Gasteiger partial charge is 0.311 e. The quantitative estimate of drug-likeness (QED) is 0.372. The van der Waals surface area contributed by atoms with Gasteiger partial charge in [-0.25, -0.2) is 0 Å². The highest BCUT2D eigenvalue weighted by molar-refractivity contribution is 6.25. The molecule has 0 aliphatic rings. The van der Waals surface area contributed by atoms with Crippen molar-refractivity contribution >= 4 is 17.5 Å². The molecule has 0 aliphatic carbocycles. The van der Waals surface area contributed by atoms with Crippen molar-refractivity contribution in [3.05, 3.63) is 30.1 Å². The Kier molecular flexibility index (Phi) is 4.47. The lowest BCUT2D eigenvalue weighted by Crippen LogP contribution is -2.45. The van der Waals surface area contributed by atoms with E-state index in [0.29, 0.717) is 0 Å². The number of hydrogen-bond acceptors (Lipinski definition) is 4. The Morgan fingerprint density at radius 3 is 3.06 bits per heavy atom. The lowest BCUT2D eigenvalue weighted by Gasteiger charge is -2.19. The van der Waals surface area contributed by atoms with Crippen LogP contribution in [0.2, 0.25) is 0 Å². The molecule has 6 heteroatoms. The van der Waals surface area contributed by atoms with E-state index in [9.17, 15) is 4.79 Å². The van der Waals surface area contributed by atoms with Crippen LogP contribution in [-0.4, -0.2) is 22.7 Å². The monoisotopic (exact) mass is 249 g/mol. The van der Waals surface area contributed by atoms with Crippen molar-refractivity contribution in [3.8, 4) is 18.4 Å². The SMILES string of the molecule is C#CCOC(Cl)(C#N)NC(=O)c1cccnc1. The summed E-state index contributed by atoms with van der Waals surface area (Å²) in [5, 5.41) is 9.03. The number of hydrogen-bond donors (Lipinski definition) is 1. The second-order valence-electron chi connectivity index (χ2n) is 2.90. The minimum Gasteiger partial charge on any atom is -0.318 e. The molecule has 1 aromatic rings. The van der Waals surface area contributed by atoms with Crippen LogP contribution in [0.25, 0.3) is 0 Å². The first kappa shape index (κ1) is 13.0. The number of amides is 1. The number of terminal acetylenes is 1. The molecule has 0 saturated heterocycles. The molecule has 1 unspecified atom stereocenters. The predicted octanol–water partition coefficient (Wildman–Crippen LogP) is 0.877. The zero-order chi connectivity index (χ0) is 12.7. The molecule has 0 radical (unpaired) electrons. The molecule has 1 amide bonds. The predicted molar refractivity (Wildman–Crippen MR) is 60.7 cm³/mol. The van der Waals surface area contributed by atoms with E-state index in [2.05, 4.69) is 16.2 Å². The number of nitrogens with zero attached hydrogens (tertiary/aromatic N) is 2. The summed E-state index contributed by atoms with van der Waals surface area (Å²) in [6, 6.07) is 4.72. The molecule has 1 atom stereocenters.